The van der Waals surface area contributed by atoms with E-state index in [0.717, 1.165) is 0 Å². The van der Waals surface area contributed by atoms with Gasteiger partial charge < -0.3 is 10.2 Å². The second-order valence-corrected chi connectivity index (χ2v) is 4.04. The van der Waals surface area contributed by atoms with Crippen LogP contribution in [-0.2, 0) is 9.59 Å². The Hall–Kier alpha value is -1.13. The molecule has 1 aliphatic rings. The second kappa shape index (κ2) is 4.16. The van der Waals surface area contributed by atoms with Crippen LogP contribution in [0.5, 0.6) is 0 Å². The van der Waals surface area contributed by atoms with Crippen LogP contribution >= 0.6 is 0 Å². The van der Waals surface area contributed by atoms with Gasteiger partial charge in [-0.3, -0.25) is 9.59 Å². The molecular formula is C10H17FN2O2. The number of hydrogen-bond donors (Lipinski definition) is 1. The van der Waals surface area contributed by atoms with Crippen molar-refractivity contribution < 1.29 is 14.0 Å². The molecule has 0 aliphatic carbocycles. The van der Waals surface area contributed by atoms with Gasteiger partial charge in [-0.2, -0.15) is 0 Å². The number of amides is 2. The van der Waals surface area contributed by atoms with Gasteiger partial charge in [0.25, 0.3) is 0 Å². The van der Waals surface area contributed by atoms with Gasteiger partial charge in [-0.15, -0.1) is 0 Å². The summed E-state index contributed by atoms with van der Waals surface area (Å²) in [6.07, 6.45) is 0.507. The van der Waals surface area contributed by atoms with Gasteiger partial charge in [0.15, 0.2) is 0 Å². The van der Waals surface area contributed by atoms with Crippen molar-refractivity contribution in [1.29, 1.82) is 0 Å². The Morgan fingerprint density at radius 2 is 2.13 bits per heavy atom. The highest BCUT2D eigenvalue weighted by Gasteiger charge is 2.44. The molecule has 1 N–H and O–H groups in total. The van der Waals surface area contributed by atoms with Crippen LogP contribution in [0.3, 0.4) is 0 Å². The van der Waals surface area contributed by atoms with Crippen LogP contribution in [0, 0.1) is 0 Å². The van der Waals surface area contributed by atoms with E-state index in [1.165, 1.54) is 4.90 Å². The maximum Gasteiger partial charge on any atom is 0.248 e. The van der Waals surface area contributed by atoms with Gasteiger partial charge in [0.2, 0.25) is 11.8 Å². The topological polar surface area (TPSA) is 49.4 Å². The standard InChI is InChI=1S/C10H17FN2O2/c1-4-10(3)9(15)13(6-5-11)7(2)8(14)12-10/h7H,4-6H2,1-3H3,(H,12,14). The van der Waals surface area contributed by atoms with E-state index in [0.29, 0.717) is 6.42 Å². The molecular weight excluding hydrogens is 199 g/mol. The smallest absolute Gasteiger partial charge is 0.248 e. The van der Waals surface area contributed by atoms with E-state index in [1.807, 2.05) is 6.92 Å². The minimum atomic E-state index is -0.876. The largest absolute Gasteiger partial charge is 0.340 e. The van der Waals surface area contributed by atoms with Gasteiger partial charge in [-0.05, 0) is 20.3 Å². The molecule has 0 aromatic rings. The lowest BCUT2D eigenvalue weighted by Gasteiger charge is -2.42. The number of nitrogens with zero attached hydrogens (tertiary/aromatic N) is 1. The molecule has 0 aromatic carbocycles. The number of carbonyl (C=O) groups excluding carboxylic acids is 2. The molecule has 1 aliphatic heterocycles. The molecule has 2 amide bonds. The van der Waals surface area contributed by atoms with Gasteiger partial charge in [-0.1, -0.05) is 6.92 Å². The minimum Gasteiger partial charge on any atom is -0.340 e. The van der Waals surface area contributed by atoms with Crippen molar-refractivity contribution in [3.05, 3.63) is 0 Å². The van der Waals surface area contributed by atoms with Crippen molar-refractivity contribution in [2.45, 2.75) is 38.8 Å². The van der Waals surface area contributed by atoms with Crippen LogP contribution in [0.1, 0.15) is 27.2 Å². The van der Waals surface area contributed by atoms with Gasteiger partial charge >= 0.3 is 0 Å². The number of halogens is 1. The van der Waals surface area contributed by atoms with Gasteiger partial charge in [0.1, 0.15) is 18.3 Å². The second-order valence-electron chi connectivity index (χ2n) is 4.04. The number of alkyl halides is 1. The Balaban J connectivity index is 2.94. The summed E-state index contributed by atoms with van der Waals surface area (Å²) in [4.78, 5) is 24.8. The first-order valence-corrected chi connectivity index (χ1v) is 5.15. The van der Waals surface area contributed by atoms with E-state index in [-0.39, 0.29) is 18.4 Å². The van der Waals surface area contributed by atoms with Gasteiger partial charge in [0.05, 0.1) is 0 Å². The molecule has 0 aromatic heterocycles. The molecule has 1 fully saturated rings. The zero-order valence-electron chi connectivity index (χ0n) is 9.34. The lowest BCUT2D eigenvalue weighted by molar-refractivity contribution is -0.153. The Kier molecular flexibility index (Phi) is 3.31. The SMILES string of the molecule is CCC1(C)NC(=O)C(C)N(CCF)C1=O. The van der Waals surface area contributed by atoms with E-state index in [4.69, 9.17) is 0 Å². The van der Waals surface area contributed by atoms with Crippen LogP contribution < -0.4 is 5.32 Å². The normalized spacial score (nSPS) is 31.7. The summed E-state index contributed by atoms with van der Waals surface area (Å²) in [6, 6.07) is -0.576. The lowest BCUT2D eigenvalue weighted by atomic mass is 9.92. The van der Waals surface area contributed by atoms with E-state index in [1.54, 1.807) is 13.8 Å². The molecule has 0 bridgehead atoms. The summed E-state index contributed by atoms with van der Waals surface area (Å²) in [5.74, 6) is -0.415. The first kappa shape index (κ1) is 11.9. The maximum atomic E-state index is 12.3. The fourth-order valence-corrected chi connectivity index (χ4v) is 1.69. The number of carbonyl (C=O) groups is 2. The van der Waals surface area contributed by atoms with Crippen LogP contribution in [0.25, 0.3) is 0 Å². The van der Waals surface area contributed by atoms with Crippen molar-refractivity contribution in [3.63, 3.8) is 0 Å². The van der Waals surface area contributed by atoms with E-state index in [9.17, 15) is 14.0 Å². The molecule has 4 nitrogen and oxygen atoms in total. The first-order chi connectivity index (χ1) is 6.96. The molecule has 5 heteroatoms. The molecule has 1 heterocycles. The number of piperazine rings is 1. The third kappa shape index (κ3) is 1.96. The Bertz CT molecular complexity index is 283. The molecule has 1 rings (SSSR count). The highest BCUT2D eigenvalue weighted by Crippen LogP contribution is 2.20. The van der Waals surface area contributed by atoms with Gasteiger partial charge in [0, 0.05) is 6.54 Å². The fraction of sp³-hybridized carbons (Fsp3) is 0.800. The summed E-state index contributed by atoms with van der Waals surface area (Å²) in [5.41, 5.74) is -0.876. The highest BCUT2D eigenvalue weighted by molar-refractivity contribution is 5.99. The summed E-state index contributed by atoms with van der Waals surface area (Å²) in [6.45, 7) is 4.47. The number of nitrogens with one attached hydrogen (secondary N) is 1. The third-order valence-electron chi connectivity index (χ3n) is 3.01. The number of hydrogen-bond acceptors (Lipinski definition) is 2. The van der Waals surface area contributed by atoms with Crippen LogP contribution in [0.4, 0.5) is 4.39 Å². The maximum absolute atomic E-state index is 12.3. The van der Waals surface area contributed by atoms with Crippen molar-refractivity contribution >= 4 is 11.8 Å². The summed E-state index contributed by atoms with van der Waals surface area (Å²) in [7, 11) is 0. The van der Waals surface area contributed by atoms with Gasteiger partial charge in [-0.25, -0.2) is 4.39 Å². The minimum absolute atomic E-state index is 0.0109. The van der Waals surface area contributed by atoms with Crippen LogP contribution in [0.2, 0.25) is 0 Å². The van der Waals surface area contributed by atoms with E-state index in [2.05, 4.69) is 5.32 Å². The molecule has 2 atom stereocenters. The highest BCUT2D eigenvalue weighted by atomic mass is 19.1. The average Bonchev–Trinajstić information content (AvgIpc) is 2.22. The summed E-state index contributed by atoms with van der Waals surface area (Å²) >= 11 is 0. The summed E-state index contributed by atoms with van der Waals surface area (Å²) < 4.78 is 12.3. The number of rotatable bonds is 3. The zero-order valence-corrected chi connectivity index (χ0v) is 9.34. The van der Waals surface area contributed by atoms with Crippen LogP contribution in [-0.4, -0.2) is 41.5 Å². The van der Waals surface area contributed by atoms with Crippen molar-refractivity contribution in [3.8, 4) is 0 Å². The third-order valence-corrected chi connectivity index (χ3v) is 3.01. The van der Waals surface area contributed by atoms with Crippen molar-refractivity contribution in [2.75, 3.05) is 13.2 Å². The molecule has 1 saturated heterocycles. The Labute approximate surface area is 88.8 Å². The Morgan fingerprint density at radius 1 is 1.53 bits per heavy atom. The molecule has 15 heavy (non-hydrogen) atoms. The van der Waals surface area contributed by atoms with Crippen molar-refractivity contribution in [1.82, 2.24) is 10.2 Å². The molecule has 2 unspecified atom stereocenters. The predicted octanol–water partition coefficient (Wildman–Crippen LogP) is 0.471. The molecule has 0 spiro atoms. The molecule has 86 valence electrons. The average molecular weight is 216 g/mol. The summed E-state index contributed by atoms with van der Waals surface area (Å²) in [5, 5.41) is 2.68. The van der Waals surface area contributed by atoms with Crippen LogP contribution in [0.15, 0.2) is 0 Å². The zero-order chi connectivity index (χ0) is 11.6. The fourth-order valence-electron chi connectivity index (χ4n) is 1.69. The quantitative estimate of drug-likeness (QED) is 0.745. The lowest BCUT2D eigenvalue weighted by Crippen LogP contribution is -2.68. The Morgan fingerprint density at radius 3 is 2.60 bits per heavy atom. The first-order valence-electron chi connectivity index (χ1n) is 5.15. The monoisotopic (exact) mass is 216 g/mol. The predicted molar refractivity (Wildman–Crippen MR) is 54.0 cm³/mol. The molecule has 0 saturated carbocycles. The van der Waals surface area contributed by atoms with E-state index < -0.39 is 18.3 Å². The molecule has 0 radical (unpaired) electrons. The van der Waals surface area contributed by atoms with E-state index >= 15 is 0 Å². The van der Waals surface area contributed by atoms with Crippen molar-refractivity contribution in [2.24, 2.45) is 0 Å².